The lowest BCUT2D eigenvalue weighted by Crippen LogP contribution is -2.43. The molecular formula is C19H25ClN10. The molecule has 1 saturated carbocycles. The van der Waals surface area contributed by atoms with Gasteiger partial charge in [-0.15, -0.1) is 5.10 Å². The number of nitrogens with zero attached hydrogens (tertiary/aromatic N) is 5. The van der Waals surface area contributed by atoms with E-state index in [1.54, 1.807) is 16.8 Å². The number of nitrogens with two attached hydrogens (primary N) is 3. The van der Waals surface area contributed by atoms with Crippen molar-refractivity contribution in [3.63, 3.8) is 0 Å². The van der Waals surface area contributed by atoms with E-state index in [1.807, 2.05) is 6.07 Å². The van der Waals surface area contributed by atoms with E-state index in [4.69, 9.17) is 28.8 Å². The van der Waals surface area contributed by atoms with Gasteiger partial charge in [0.15, 0.2) is 11.5 Å². The lowest BCUT2D eigenvalue weighted by Gasteiger charge is -2.33. The fourth-order valence-electron chi connectivity index (χ4n) is 3.77. The number of benzene rings is 1. The minimum atomic E-state index is 0.124. The number of rotatable bonds is 5. The van der Waals surface area contributed by atoms with Crippen molar-refractivity contribution in [2.24, 2.45) is 5.73 Å². The van der Waals surface area contributed by atoms with Gasteiger partial charge in [0.05, 0.1) is 22.6 Å². The highest BCUT2D eigenvalue weighted by Gasteiger charge is 2.25. The van der Waals surface area contributed by atoms with Crippen LogP contribution in [0.3, 0.4) is 0 Å². The van der Waals surface area contributed by atoms with Crippen molar-refractivity contribution in [2.45, 2.75) is 37.8 Å². The van der Waals surface area contributed by atoms with E-state index in [1.165, 1.54) is 0 Å². The van der Waals surface area contributed by atoms with Gasteiger partial charge in [-0.25, -0.2) is 4.98 Å². The summed E-state index contributed by atoms with van der Waals surface area (Å²) in [5.41, 5.74) is 21.0. The number of aromatic nitrogens is 4. The largest absolute Gasteiger partial charge is 0.399 e. The molecule has 8 N–H and O–H groups in total. The number of imidazole rings is 1. The lowest BCUT2D eigenvalue weighted by molar-refractivity contribution is 0.506. The third kappa shape index (κ3) is 3.63. The van der Waals surface area contributed by atoms with Crippen LogP contribution < -0.4 is 32.7 Å². The van der Waals surface area contributed by atoms with Crippen molar-refractivity contribution < 1.29 is 0 Å². The summed E-state index contributed by atoms with van der Waals surface area (Å²) in [5, 5.41) is 11.6. The molecule has 1 aromatic carbocycles. The van der Waals surface area contributed by atoms with Gasteiger partial charge in [0.1, 0.15) is 5.82 Å². The first-order valence-electron chi connectivity index (χ1n) is 10.1. The summed E-state index contributed by atoms with van der Waals surface area (Å²) in [7, 11) is 0. The average Bonchev–Trinajstić information content (AvgIpc) is 3.45. The molecule has 0 unspecified atom stereocenters. The zero-order valence-electron chi connectivity index (χ0n) is 16.5. The quantitative estimate of drug-likeness (QED) is 0.385. The summed E-state index contributed by atoms with van der Waals surface area (Å²) in [5.74, 6) is 1.41. The zero-order valence-corrected chi connectivity index (χ0v) is 17.2. The number of nitrogens with one attached hydrogen (secondary N) is 2. The molecule has 3 aromatic rings. The van der Waals surface area contributed by atoms with Gasteiger partial charge in [-0.2, -0.15) is 9.50 Å². The number of piperidine rings is 1. The first-order valence-corrected chi connectivity index (χ1v) is 10.5. The predicted octanol–water partition coefficient (Wildman–Crippen LogP) is 2.19. The summed E-state index contributed by atoms with van der Waals surface area (Å²) in [6, 6.07) is 4.18. The van der Waals surface area contributed by atoms with Gasteiger partial charge >= 0.3 is 0 Å². The van der Waals surface area contributed by atoms with Crippen LogP contribution in [-0.2, 0) is 0 Å². The highest BCUT2D eigenvalue weighted by Crippen LogP contribution is 2.38. The fourth-order valence-corrected chi connectivity index (χ4v) is 4.05. The number of hydrogen-bond donors (Lipinski definition) is 5. The Hall–Kier alpha value is -2.98. The highest BCUT2D eigenvalue weighted by molar-refractivity contribution is 6.36. The van der Waals surface area contributed by atoms with E-state index in [9.17, 15) is 0 Å². The van der Waals surface area contributed by atoms with Gasteiger partial charge in [-0.3, -0.25) is 0 Å². The second-order valence-corrected chi connectivity index (χ2v) is 8.37. The Morgan fingerprint density at radius 3 is 2.77 bits per heavy atom. The molecule has 2 aliphatic rings. The van der Waals surface area contributed by atoms with E-state index in [0.717, 1.165) is 44.5 Å². The van der Waals surface area contributed by atoms with Crippen LogP contribution in [0.15, 0.2) is 18.3 Å². The molecule has 30 heavy (non-hydrogen) atoms. The van der Waals surface area contributed by atoms with Crippen LogP contribution in [0.4, 0.5) is 34.6 Å². The Morgan fingerprint density at radius 2 is 2.00 bits per heavy atom. The minimum Gasteiger partial charge on any atom is -0.399 e. The van der Waals surface area contributed by atoms with Gasteiger partial charge in [0.25, 0.3) is 0 Å². The van der Waals surface area contributed by atoms with E-state index in [-0.39, 0.29) is 6.04 Å². The first kappa shape index (κ1) is 19.0. The zero-order chi connectivity index (χ0) is 20.8. The number of anilines is 6. The second kappa shape index (κ2) is 7.37. The molecule has 10 nitrogen and oxygen atoms in total. The number of fused-ring (bicyclic) bond motifs is 1. The molecule has 2 aromatic heterocycles. The Labute approximate surface area is 178 Å². The Morgan fingerprint density at radius 1 is 1.17 bits per heavy atom. The maximum Gasteiger partial charge on any atom is 0.247 e. The maximum absolute atomic E-state index is 6.76. The van der Waals surface area contributed by atoms with Crippen LogP contribution in [0.5, 0.6) is 0 Å². The summed E-state index contributed by atoms with van der Waals surface area (Å²) < 4.78 is 1.56. The summed E-state index contributed by atoms with van der Waals surface area (Å²) in [6.45, 7) is 1.63. The van der Waals surface area contributed by atoms with Crippen LogP contribution in [0.1, 0.15) is 25.7 Å². The normalized spacial score (nSPS) is 19.3. The van der Waals surface area contributed by atoms with E-state index < -0.39 is 0 Å². The molecule has 0 spiro atoms. The van der Waals surface area contributed by atoms with Crippen molar-refractivity contribution in [2.75, 3.05) is 40.1 Å². The van der Waals surface area contributed by atoms with Crippen molar-refractivity contribution in [1.82, 2.24) is 19.6 Å². The van der Waals surface area contributed by atoms with Gasteiger partial charge in [0.2, 0.25) is 5.95 Å². The molecule has 2 fully saturated rings. The molecule has 158 valence electrons. The molecule has 0 amide bonds. The van der Waals surface area contributed by atoms with Gasteiger partial charge in [-0.05, 0) is 37.8 Å². The van der Waals surface area contributed by atoms with E-state index >= 15 is 0 Å². The second-order valence-electron chi connectivity index (χ2n) is 8.00. The van der Waals surface area contributed by atoms with Crippen LogP contribution in [0.2, 0.25) is 5.02 Å². The molecule has 5 rings (SSSR count). The van der Waals surface area contributed by atoms with Crippen LogP contribution in [-0.4, -0.2) is 44.8 Å². The Balaban J connectivity index is 1.51. The molecule has 1 aliphatic carbocycles. The molecule has 11 heteroatoms. The smallest absolute Gasteiger partial charge is 0.247 e. The predicted molar refractivity (Wildman–Crippen MR) is 120 cm³/mol. The van der Waals surface area contributed by atoms with Crippen molar-refractivity contribution >= 4 is 51.9 Å². The Kier molecular flexibility index (Phi) is 4.67. The summed E-state index contributed by atoms with van der Waals surface area (Å²) in [4.78, 5) is 11.1. The number of hydrogen-bond acceptors (Lipinski definition) is 9. The van der Waals surface area contributed by atoms with Crippen LogP contribution in [0, 0.1) is 0 Å². The molecular weight excluding hydrogens is 404 g/mol. The van der Waals surface area contributed by atoms with Crippen molar-refractivity contribution in [3.05, 3.63) is 23.4 Å². The van der Waals surface area contributed by atoms with Crippen molar-refractivity contribution in [1.29, 1.82) is 0 Å². The SMILES string of the molecule is Nc1cc(Nc2nc(NC3CC3)c3ncc(N)n3n2)c(Cl)c(N2CCC[C@@H](N)C2)c1. The molecule has 0 radical (unpaired) electrons. The first-order chi connectivity index (χ1) is 14.5. The third-order valence-corrected chi connectivity index (χ3v) is 5.82. The Bertz CT molecular complexity index is 1090. The standard InChI is InChI=1S/C19H25ClN10/c20-16-13(6-11(22)7-14(16)29-5-1-2-10(21)9-29)26-19-27-17(25-12-3-4-12)18-24-8-15(23)30(18)28-19/h6-8,10,12H,1-5,9,21-23H2,(H2,25,26,27,28)/t10-/m1/s1. The minimum absolute atomic E-state index is 0.124. The molecule has 0 bridgehead atoms. The van der Waals surface area contributed by atoms with Gasteiger partial charge < -0.3 is 32.7 Å². The monoisotopic (exact) mass is 428 g/mol. The van der Waals surface area contributed by atoms with Gasteiger partial charge in [-0.1, -0.05) is 11.6 Å². The highest BCUT2D eigenvalue weighted by atomic mass is 35.5. The molecule has 3 heterocycles. The summed E-state index contributed by atoms with van der Waals surface area (Å²) >= 11 is 6.76. The lowest BCUT2D eigenvalue weighted by atomic mass is 10.1. The molecule has 1 aliphatic heterocycles. The van der Waals surface area contributed by atoms with Crippen LogP contribution in [0.25, 0.3) is 5.65 Å². The molecule has 1 saturated heterocycles. The van der Waals surface area contributed by atoms with Crippen molar-refractivity contribution in [3.8, 4) is 0 Å². The van der Waals surface area contributed by atoms with Gasteiger partial charge in [0, 0.05) is 30.9 Å². The van der Waals surface area contributed by atoms with Crippen LogP contribution >= 0.6 is 11.6 Å². The number of halogens is 1. The molecule has 1 atom stereocenters. The van der Waals surface area contributed by atoms with E-state index in [0.29, 0.717) is 45.7 Å². The van der Waals surface area contributed by atoms with E-state index in [2.05, 4.69) is 30.6 Å². The summed E-state index contributed by atoms with van der Waals surface area (Å²) in [6.07, 6.45) is 5.81. The number of nitrogen functional groups attached to an aromatic ring is 2. The maximum atomic E-state index is 6.76. The third-order valence-electron chi connectivity index (χ3n) is 5.43. The average molecular weight is 429 g/mol. The fraction of sp³-hybridized carbons (Fsp3) is 0.421. The topological polar surface area (TPSA) is 148 Å².